The van der Waals surface area contributed by atoms with Crippen molar-refractivity contribution in [1.29, 1.82) is 0 Å². The normalized spacial score (nSPS) is 12.5. The Balaban J connectivity index is 4.20. The van der Waals surface area contributed by atoms with E-state index in [1.54, 1.807) is 0 Å². The second-order valence-corrected chi connectivity index (χ2v) is 17.8. The van der Waals surface area contributed by atoms with Crippen LogP contribution in [0.3, 0.4) is 0 Å². The Kier molecular flexibility index (Phi) is 49.4. The van der Waals surface area contributed by atoms with Crippen LogP contribution in [0.2, 0.25) is 0 Å². The highest BCUT2D eigenvalue weighted by molar-refractivity contribution is 5.71. The van der Waals surface area contributed by atoms with Crippen molar-refractivity contribution >= 4 is 17.9 Å². The first-order valence-electron chi connectivity index (χ1n) is 26.8. The maximum absolute atomic E-state index is 12.8. The molecule has 0 aromatic rings. The van der Waals surface area contributed by atoms with Gasteiger partial charge in [-0.25, -0.2) is 0 Å². The van der Waals surface area contributed by atoms with Gasteiger partial charge in [0.25, 0.3) is 0 Å². The second-order valence-electron chi connectivity index (χ2n) is 17.8. The van der Waals surface area contributed by atoms with Crippen LogP contribution in [0.4, 0.5) is 0 Å². The molecular formula is C57H100O6. The number of esters is 3. The van der Waals surface area contributed by atoms with Crippen LogP contribution >= 0.6 is 0 Å². The topological polar surface area (TPSA) is 78.9 Å². The van der Waals surface area contributed by atoms with Gasteiger partial charge in [0.1, 0.15) is 13.2 Å². The number of carbonyl (C=O) groups is 3. The van der Waals surface area contributed by atoms with Crippen LogP contribution in [0, 0.1) is 0 Å². The quantitative estimate of drug-likeness (QED) is 0.0262. The van der Waals surface area contributed by atoms with Gasteiger partial charge in [-0.1, -0.05) is 223 Å². The van der Waals surface area contributed by atoms with Crippen LogP contribution in [0.5, 0.6) is 0 Å². The van der Waals surface area contributed by atoms with Gasteiger partial charge in [0.05, 0.1) is 0 Å². The van der Waals surface area contributed by atoms with Crippen molar-refractivity contribution in [1.82, 2.24) is 0 Å². The number of hydrogen-bond acceptors (Lipinski definition) is 6. The number of unbranched alkanes of at least 4 members (excludes halogenated alkanes) is 27. The number of carbonyl (C=O) groups excluding carboxylic acids is 3. The van der Waals surface area contributed by atoms with E-state index in [2.05, 4.69) is 81.5 Å². The Morgan fingerprint density at radius 2 is 0.619 bits per heavy atom. The summed E-state index contributed by atoms with van der Waals surface area (Å²) in [5, 5.41) is 0. The van der Waals surface area contributed by atoms with Crippen molar-refractivity contribution in [2.24, 2.45) is 0 Å². The van der Waals surface area contributed by atoms with E-state index in [0.717, 1.165) is 103 Å². The zero-order chi connectivity index (χ0) is 45.8. The fraction of sp³-hybridized carbons (Fsp3) is 0.772. The maximum Gasteiger partial charge on any atom is 0.306 e. The van der Waals surface area contributed by atoms with E-state index in [-0.39, 0.29) is 31.1 Å². The fourth-order valence-corrected chi connectivity index (χ4v) is 7.49. The minimum Gasteiger partial charge on any atom is -0.462 e. The smallest absolute Gasteiger partial charge is 0.306 e. The second kappa shape index (κ2) is 51.7. The Morgan fingerprint density at radius 3 is 0.968 bits per heavy atom. The van der Waals surface area contributed by atoms with Crippen molar-refractivity contribution in [3.63, 3.8) is 0 Å². The molecule has 0 N–H and O–H groups in total. The molecule has 0 aromatic heterocycles. The van der Waals surface area contributed by atoms with Gasteiger partial charge in [0, 0.05) is 19.3 Å². The minimum absolute atomic E-state index is 0.0810. The highest BCUT2D eigenvalue weighted by Gasteiger charge is 2.19. The average molecular weight is 881 g/mol. The van der Waals surface area contributed by atoms with E-state index in [0.29, 0.717) is 19.3 Å². The van der Waals surface area contributed by atoms with Crippen LogP contribution in [0.1, 0.15) is 265 Å². The Morgan fingerprint density at radius 1 is 0.333 bits per heavy atom. The molecule has 0 aliphatic rings. The van der Waals surface area contributed by atoms with Crippen LogP contribution in [-0.4, -0.2) is 37.2 Å². The van der Waals surface area contributed by atoms with Gasteiger partial charge in [0.15, 0.2) is 6.10 Å². The van der Waals surface area contributed by atoms with E-state index < -0.39 is 6.10 Å². The van der Waals surface area contributed by atoms with E-state index in [4.69, 9.17) is 14.2 Å². The molecule has 0 saturated carbocycles. The molecule has 0 radical (unpaired) electrons. The summed E-state index contributed by atoms with van der Waals surface area (Å²) in [6.45, 7) is 6.47. The summed E-state index contributed by atoms with van der Waals surface area (Å²) in [6.07, 6.45) is 63.7. The van der Waals surface area contributed by atoms with Gasteiger partial charge in [-0.15, -0.1) is 0 Å². The molecule has 364 valence electrons. The number of ether oxygens (including phenoxy) is 3. The molecule has 0 aromatic carbocycles. The van der Waals surface area contributed by atoms with Gasteiger partial charge in [-0.2, -0.15) is 0 Å². The van der Waals surface area contributed by atoms with Crippen molar-refractivity contribution in [3.05, 3.63) is 60.8 Å². The van der Waals surface area contributed by atoms with Crippen LogP contribution in [0.25, 0.3) is 0 Å². The van der Waals surface area contributed by atoms with E-state index in [1.807, 2.05) is 0 Å². The largest absolute Gasteiger partial charge is 0.462 e. The zero-order valence-electron chi connectivity index (χ0n) is 41.6. The lowest BCUT2D eigenvalue weighted by atomic mass is 10.0. The molecule has 0 spiro atoms. The summed E-state index contributed by atoms with van der Waals surface area (Å²) < 4.78 is 16.7. The number of rotatable bonds is 48. The SMILES string of the molecule is CC/C=C\C/C=C\C/C=C\CCCCCCCC(=O)OC(COC(=O)CCCCCCCCC)COC(=O)CCCCCCCCCCCCC/C=C\C/C=C\CCCCCCC. The first-order valence-corrected chi connectivity index (χ1v) is 26.8. The molecule has 0 bridgehead atoms. The molecule has 0 saturated heterocycles. The van der Waals surface area contributed by atoms with E-state index in [9.17, 15) is 14.4 Å². The summed E-state index contributed by atoms with van der Waals surface area (Å²) in [4.78, 5) is 37.8. The van der Waals surface area contributed by atoms with Crippen LogP contribution in [-0.2, 0) is 28.6 Å². The lowest BCUT2D eigenvalue weighted by Crippen LogP contribution is -2.30. The van der Waals surface area contributed by atoms with Crippen molar-refractivity contribution in [2.75, 3.05) is 13.2 Å². The third-order valence-corrected chi connectivity index (χ3v) is 11.5. The molecule has 0 heterocycles. The summed E-state index contributed by atoms with van der Waals surface area (Å²) in [6, 6.07) is 0. The molecule has 0 fully saturated rings. The zero-order valence-corrected chi connectivity index (χ0v) is 41.6. The highest BCUT2D eigenvalue weighted by Crippen LogP contribution is 2.15. The van der Waals surface area contributed by atoms with E-state index >= 15 is 0 Å². The fourth-order valence-electron chi connectivity index (χ4n) is 7.49. The molecule has 6 nitrogen and oxygen atoms in total. The molecule has 0 amide bonds. The minimum atomic E-state index is -0.780. The molecule has 63 heavy (non-hydrogen) atoms. The molecular weight excluding hydrogens is 781 g/mol. The van der Waals surface area contributed by atoms with Crippen molar-refractivity contribution < 1.29 is 28.6 Å². The first-order chi connectivity index (χ1) is 31.0. The summed E-state index contributed by atoms with van der Waals surface area (Å²) in [5.41, 5.74) is 0. The molecule has 0 aliphatic heterocycles. The Bertz CT molecular complexity index is 1150. The van der Waals surface area contributed by atoms with Gasteiger partial charge >= 0.3 is 17.9 Å². The lowest BCUT2D eigenvalue weighted by molar-refractivity contribution is -0.167. The third kappa shape index (κ3) is 50.0. The van der Waals surface area contributed by atoms with Crippen molar-refractivity contribution in [2.45, 2.75) is 271 Å². The average Bonchev–Trinajstić information content (AvgIpc) is 3.28. The standard InChI is InChI=1S/C57H100O6/c1-4-7-10-13-16-18-20-22-24-25-26-27-28-29-30-31-33-34-36-38-41-44-47-50-56(59)62-53-54(52-61-55(58)49-46-43-40-15-12-9-6-3)63-57(60)51-48-45-42-39-37-35-32-23-21-19-17-14-11-8-5-2/h8,11,17,19-20,22-23,25-26,32,54H,4-7,9-10,12-16,18,21,24,27-31,33-53H2,1-3H3/b11-8-,19-17-,22-20-,26-25-,32-23-. The maximum atomic E-state index is 12.8. The lowest BCUT2D eigenvalue weighted by Gasteiger charge is -2.18. The van der Waals surface area contributed by atoms with Gasteiger partial charge < -0.3 is 14.2 Å². The van der Waals surface area contributed by atoms with Crippen LogP contribution < -0.4 is 0 Å². The van der Waals surface area contributed by atoms with Crippen molar-refractivity contribution in [3.8, 4) is 0 Å². The van der Waals surface area contributed by atoms with E-state index in [1.165, 1.54) is 122 Å². The summed E-state index contributed by atoms with van der Waals surface area (Å²) >= 11 is 0. The molecule has 1 atom stereocenters. The molecule has 6 heteroatoms. The first kappa shape index (κ1) is 60.1. The van der Waals surface area contributed by atoms with Gasteiger partial charge in [-0.3, -0.25) is 14.4 Å². The molecule has 0 rings (SSSR count). The summed E-state index contributed by atoms with van der Waals surface area (Å²) in [7, 11) is 0. The third-order valence-electron chi connectivity index (χ3n) is 11.5. The summed E-state index contributed by atoms with van der Waals surface area (Å²) in [5.74, 6) is -0.902. The highest BCUT2D eigenvalue weighted by atomic mass is 16.6. The molecule has 1 unspecified atom stereocenters. The predicted octanol–water partition coefficient (Wildman–Crippen LogP) is 17.6. The monoisotopic (exact) mass is 881 g/mol. The molecule has 0 aliphatic carbocycles. The van der Waals surface area contributed by atoms with Gasteiger partial charge in [-0.05, 0) is 83.5 Å². The Hall–Kier alpha value is -2.89. The number of allylic oxidation sites excluding steroid dienone is 10. The van der Waals surface area contributed by atoms with Gasteiger partial charge in [0.2, 0.25) is 0 Å². The number of hydrogen-bond donors (Lipinski definition) is 0. The predicted molar refractivity (Wildman–Crippen MR) is 270 cm³/mol. The van der Waals surface area contributed by atoms with Crippen LogP contribution in [0.15, 0.2) is 60.8 Å². The Labute approximate surface area is 390 Å².